The van der Waals surface area contributed by atoms with Crippen LogP contribution in [-0.2, 0) is 22.6 Å². The van der Waals surface area contributed by atoms with Crippen molar-refractivity contribution in [3.63, 3.8) is 0 Å². The Labute approximate surface area is 169 Å². The first-order valence-corrected chi connectivity index (χ1v) is 10.6. The zero-order valence-electron chi connectivity index (χ0n) is 15.9. The Bertz CT molecular complexity index is 858. The summed E-state index contributed by atoms with van der Waals surface area (Å²) in [6.45, 7) is 0.536. The van der Waals surface area contributed by atoms with Gasteiger partial charge in [0.15, 0.2) is 0 Å². The lowest BCUT2D eigenvalue weighted by molar-refractivity contribution is -0.155. The Balaban J connectivity index is 1.43. The number of rotatable bonds is 6. The third-order valence-electron chi connectivity index (χ3n) is 5.38. The molecule has 2 aliphatic heterocycles. The molecule has 0 bridgehead atoms. The molecule has 6 heteroatoms. The summed E-state index contributed by atoms with van der Waals surface area (Å²) in [5.41, 5.74) is 2.19. The monoisotopic (exact) mass is 396 g/mol. The number of benzene rings is 2. The molecule has 146 valence electrons. The fourth-order valence-electron chi connectivity index (χ4n) is 3.95. The molecule has 2 aromatic carbocycles. The summed E-state index contributed by atoms with van der Waals surface area (Å²) >= 11 is 1.72. The number of thioether (sulfide) groups is 1. The molecule has 0 aromatic heterocycles. The number of para-hydroxylation sites is 1. The lowest BCUT2D eigenvalue weighted by atomic mass is 10.1. The SMILES string of the molecule is COc1ccccc1CN1CC(=O)N2C(CCc3ccccc3)SC[C@H]2C1=O. The van der Waals surface area contributed by atoms with Crippen LogP contribution in [0.1, 0.15) is 17.5 Å². The van der Waals surface area contributed by atoms with Crippen LogP contribution in [0.25, 0.3) is 0 Å². The number of hydrogen-bond donors (Lipinski definition) is 0. The van der Waals surface area contributed by atoms with Gasteiger partial charge in [-0.15, -0.1) is 11.8 Å². The second-order valence-corrected chi connectivity index (χ2v) is 8.35. The minimum atomic E-state index is -0.346. The number of hydrogen-bond acceptors (Lipinski definition) is 4. The molecule has 2 atom stereocenters. The topological polar surface area (TPSA) is 49.9 Å². The van der Waals surface area contributed by atoms with Crippen LogP contribution in [0.15, 0.2) is 54.6 Å². The van der Waals surface area contributed by atoms with Gasteiger partial charge in [-0.2, -0.15) is 0 Å². The Morgan fingerprint density at radius 2 is 1.82 bits per heavy atom. The Morgan fingerprint density at radius 3 is 2.61 bits per heavy atom. The predicted molar refractivity (Wildman–Crippen MR) is 110 cm³/mol. The number of amides is 2. The first-order valence-electron chi connectivity index (χ1n) is 9.54. The number of aryl methyl sites for hydroxylation is 1. The van der Waals surface area contributed by atoms with Gasteiger partial charge in [-0.3, -0.25) is 9.59 Å². The number of ether oxygens (including phenoxy) is 1. The maximum atomic E-state index is 13.1. The molecule has 0 saturated carbocycles. The van der Waals surface area contributed by atoms with E-state index in [9.17, 15) is 9.59 Å². The summed E-state index contributed by atoms with van der Waals surface area (Å²) in [4.78, 5) is 29.4. The van der Waals surface area contributed by atoms with Crippen molar-refractivity contribution in [2.45, 2.75) is 30.8 Å². The molecule has 2 aromatic rings. The molecular formula is C22H24N2O3S. The zero-order chi connectivity index (χ0) is 19.5. The van der Waals surface area contributed by atoms with E-state index in [-0.39, 0.29) is 29.8 Å². The van der Waals surface area contributed by atoms with Crippen molar-refractivity contribution in [2.24, 2.45) is 0 Å². The van der Waals surface area contributed by atoms with Crippen LogP contribution in [0.3, 0.4) is 0 Å². The number of carbonyl (C=O) groups excluding carboxylic acids is 2. The van der Waals surface area contributed by atoms with Crippen molar-refractivity contribution in [3.05, 3.63) is 65.7 Å². The fraction of sp³-hybridized carbons (Fsp3) is 0.364. The quantitative estimate of drug-likeness (QED) is 0.753. The molecule has 0 spiro atoms. The summed E-state index contributed by atoms with van der Waals surface area (Å²) in [7, 11) is 1.62. The minimum absolute atomic E-state index is 0.0419. The van der Waals surface area contributed by atoms with Crippen LogP contribution >= 0.6 is 11.8 Å². The lowest BCUT2D eigenvalue weighted by Crippen LogP contribution is -2.59. The summed E-state index contributed by atoms with van der Waals surface area (Å²) < 4.78 is 5.39. The average molecular weight is 397 g/mol. The Kier molecular flexibility index (Phi) is 5.57. The molecule has 2 amide bonds. The molecule has 4 rings (SSSR count). The van der Waals surface area contributed by atoms with Crippen LogP contribution in [0.5, 0.6) is 5.75 Å². The highest BCUT2D eigenvalue weighted by Crippen LogP contribution is 2.36. The van der Waals surface area contributed by atoms with Crippen molar-refractivity contribution in [2.75, 3.05) is 19.4 Å². The molecule has 5 nitrogen and oxygen atoms in total. The van der Waals surface area contributed by atoms with E-state index in [0.29, 0.717) is 12.3 Å². The Morgan fingerprint density at radius 1 is 1.07 bits per heavy atom. The van der Waals surface area contributed by atoms with Gasteiger partial charge >= 0.3 is 0 Å². The summed E-state index contributed by atoms with van der Waals surface area (Å²) in [5, 5.41) is 0.0788. The molecule has 0 radical (unpaired) electrons. The van der Waals surface area contributed by atoms with Gasteiger partial charge in [0.05, 0.1) is 12.5 Å². The van der Waals surface area contributed by atoms with Crippen LogP contribution in [0.4, 0.5) is 0 Å². The van der Waals surface area contributed by atoms with E-state index in [1.54, 1.807) is 23.8 Å². The van der Waals surface area contributed by atoms with Crippen LogP contribution < -0.4 is 4.74 Å². The number of carbonyl (C=O) groups is 2. The van der Waals surface area contributed by atoms with E-state index in [0.717, 1.165) is 24.2 Å². The van der Waals surface area contributed by atoms with Gasteiger partial charge in [-0.25, -0.2) is 0 Å². The molecule has 0 N–H and O–H groups in total. The number of piperazine rings is 1. The summed E-state index contributed by atoms with van der Waals surface area (Å²) in [5.74, 6) is 1.50. The van der Waals surface area contributed by atoms with Gasteiger partial charge in [0.25, 0.3) is 0 Å². The molecule has 0 aliphatic carbocycles. The highest BCUT2D eigenvalue weighted by molar-refractivity contribution is 8.00. The van der Waals surface area contributed by atoms with Crippen molar-refractivity contribution in [3.8, 4) is 5.75 Å². The van der Waals surface area contributed by atoms with Gasteiger partial charge in [0.1, 0.15) is 18.3 Å². The van der Waals surface area contributed by atoms with E-state index in [2.05, 4.69) is 12.1 Å². The molecular weight excluding hydrogens is 372 g/mol. The first-order chi connectivity index (χ1) is 13.7. The van der Waals surface area contributed by atoms with Gasteiger partial charge in [0, 0.05) is 17.9 Å². The van der Waals surface area contributed by atoms with Crippen LogP contribution in [0, 0.1) is 0 Å². The average Bonchev–Trinajstić information content (AvgIpc) is 3.16. The zero-order valence-corrected chi connectivity index (χ0v) is 16.7. The standard InChI is InChI=1S/C22H24N2O3S/c1-27-19-10-6-5-9-17(19)13-23-14-20(25)24-18(22(23)26)15-28-21(24)12-11-16-7-3-2-4-8-16/h2-10,18,21H,11-15H2,1H3/t18-,21?/m0/s1. The summed E-state index contributed by atoms with van der Waals surface area (Å²) in [6, 6.07) is 17.6. The minimum Gasteiger partial charge on any atom is -0.496 e. The van der Waals surface area contributed by atoms with Gasteiger partial charge in [-0.1, -0.05) is 48.5 Å². The van der Waals surface area contributed by atoms with Crippen LogP contribution in [0.2, 0.25) is 0 Å². The third-order valence-corrected chi connectivity index (χ3v) is 6.74. The molecule has 2 heterocycles. The molecule has 2 fully saturated rings. The second kappa shape index (κ2) is 8.27. The van der Waals surface area contributed by atoms with E-state index >= 15 is 0 Å². The van der Waals surface area contributed by atoms with Gasteiger partial charge < -0.3 is 14.5 Å². The maximum Gasteiger partial charge on any atom is 0.247 e. The molecule has 2 saturated heterocycles. The largest absolute Gasteiger partial charge is 0.496 e. The van der Waals surface area contributed by atoms with Crippen molar-refractivity contribution >= 4 is 23.6 Å². The van der Waals surface area contributed by atoms with Crippen LogP contribution in [-0.4, -0.2) is 52.4 Å². The maximum absolute atomic E-state index is 13.1. The molecule has 2 aliphatic rings. The smallest absolute Gasteiger partial charge is 0.247 e. The summed E-state index contributed by atoms with van der Waals surface area (Å²) in [6.07, 6.45) is 1.78. The number of fused-ring (bicyclic) bond motifs is 1. The van der Waals surface area contributed by atoms with Gasteiger partial charge in [-0.05, 0) is 24.5 Å². The van der Waals surface area contributed by atoms with E-state index in [4.69, 9.17) is 4.74 Å². The first kappa shape index (κ1) is 18.9. The highest BCUT2D eigenvalue weighted by atomic mass is 32.2. The normalized spacial score (nSPS) is 21.8. The molecule has 28 heavy (non-hydrogen) atoms. The van der Waals surface area contributed by atoms with Crippen molar-refractivity contribution in [1.82, 2.24) is 9.80 Å². The number of nitrogens with zero attached hydrogens (tertiary/aromatic N) is 2. The van der Waals surface area contributed by atoms with Crippen molar-refractivity contribution in [1.29, 1.82) is 0 Å². The van der Waals surface area contributed by atoms with E-state index in [1.165, 1.54) is 5.56 Å². The third kappa shape index (κ3) is 3.74. The molecule has 1 unspecified atom stereocenters. The van der Waals surface area contributed by atoms with E-state index < -0.39 is 0 Å². The number of methoxy groups -OCH3 is 1. The fourth-order valence-corrected chi connectivity index (χ4v) is 5.37. The second-order valence-electron chi connectivity index (χ2n) is 7.14. The predicted octanol–water partition coefficient (Wildman–Crippen LogP) is 2.94. The van der Waals surface area contributed by atoms with Crippen molar-refractivity contribution < 1.29 is 14.3 Å². The highest BCUT2D eigenvalue weighted by Gasteiger charge is 2.47. The van der Waals surface area contributed by atoms with Gasteiger partial charge in [0.2, 0.25) is 11.8 Å². The van der Waals surface area contributed by atoms with E-state index in [1.807, 2.05) is 47.4 Å². The Hall–Kier alpha value is -2.47. The lowest BCUT2D eigenvalue weighted by Gasteiger charge is -2.38.